The first kappa shape index (κ1) is 26.3. The van der Waals surface area contributed by atoms with E-state index in [1.807, 2.05) is 18.2 Å². The van der Waals surface area contributed by atoms with Gasteiger partial charge in [-0.1, -0.05) is 104 Å². The van der Waals surface area contributed by atoms with Gasteiger partial charge >= 0.3 is 0 Å². The molecular weight excluding hydrogens is 481 g/mol. The highest BCUT2D eigenvalue weighted by atomic mass is 32.1. The Morgan fingerprint density at radius 2 is 1.42 bits per heavy atom. The number of thiocarbonyl (C=S) groups is 1. The molecule has 188 valence electrons. The number of carbonyl (C=O) groups excluding carboxylic acids is 1. The molecule has 2 N–H and O–H groups in total. The van der Waals surface area contributed by atoms with Crippen LogP contribution in [0.2, 0.25) is 0 Å². The maximum Gasteiger partial charge on any atom is 0.244 e. The van der Waals surface area contributed by atoms with Crippen molar-refractivity contribution in [3.05, 3.63) is 96.6 Å². The predicted octanol–water partition coefficient (Wildman–Crippen LogP) is 4.59. The van der Waals surface area contributed by atoms with Crippen molar-refractivity contribution in [2.75, 3.05) is 14.1 Å². The second-order valence-electron chi connectivity index (χ2n) is 9.59. The number of amides is 1. The number of rotatable bonds is 8. The average molecular weight is 518 g/mol. The molecule has 1 saturated carbocycles. The summed E-state index contributed by atoms with van der Waals surface area (Å²) in [6.07, 6.45) is 5.26. The molecule has 1 fully saturated rings. The summed E-state index contributed by atoms with van der Waals surface area (Å²) in [4.78, 5) is 14.6. The summed E-state index contributed by atoms with van der Waals surface area (Å²) < 4.78 is 0. The first-order valence-electron chi connectivity index (χ1n) is 12.7. The number of hydrogen-bond acceptors (Lipinski definition) is 2. The van der Waals surface area contributed by atoms with Crippen LogP contribution in [0.5, 0.6) is 0 Å². The first-order chi connectivity index (χ1) is 17.5. The van der Waals surface area contributed by atoms with Gasteiger partial charge in [0.15, 0.2) is 5.11 Å². The van der Waals surface area contributed by atoms with E-state index in [9.17, 15) is 4.79 Å². The van der Waals surface area contributed by atoms with Crippen molar-refractivity contribution in [3.63, 3.8) is 0 Å². The Kier molecular flexibility index (Phi) is 9.49. The summed E-state index contributed by atoms with van der Waals surface area (Å²) >= 11 is 5.82. The fourth-order valence-electron chi connectivity index (χ4n) is 5.03. The first-order valence-corrected chi connectivity index (χ1v) is 14.6. The van der Waals surface area contributed by atoms with Crippen molar-refractivity contribution < 1.29 is 4.79 Å². The molecule has 36 heavy (non-hydrogen) atoms. The van der Waals surface area contributed by atoms with Gasteiger partial charge in [-0.15, -0.1) is 0 Å². The molecule has 1 aliphatic rings. The number of hydrogen-bond donors (Lipinski definition) is 2. The van der Waals surface area contributed by atoms with Gasteiger partial charge in [0.1, 0.15) is 6.04 Å². The summed E-state index contributed by atoms with van der Waals surface area (Å²) in [5.41, 5.74) is 1.58. The van der Waals surface area contributed by atoms with Crippen LogP contribution in [-0.4, -0.2) is 47.8 Å². The molecule has 0 saturated heterocycles. The van der Waals surface area contributed by atoms with Crippen LogP contribution in [0.3, 0.4) is 0 Å². The van der Waals surface area contributed by atoms with Crippen LogP contribution in [0.25, 0.3) is 0 Å². The second-order valence-corrected chi connectivity index (χ2v) is 12.4. The number of nitrogens with zero attached hydrogens (tertiary/aromatic N) is 1. The maximum atomic E-state index is 13.0. The molecule has 0 aromatic heterocycles. The van der Waals surface area contributed by atoms with Crippen LogP contribution in [0, 0.1) is 0 Å². The monoisotopic (exact) mass is 517 g/mol. The summed E-state index contributed by atoms with van der Waals surface area (Å²) in [6.45, 7) is 0. The lowest BCUT2D eigenvalue weighted by Gasteiger charge is -2.39. The van der Waals surface area contributed by atoms with Crippen molar-refractivity contribution in [2.24, 2.45) is 0 Å². The lowest BCUT2D eigenvalue weighted by molar-refractivity contribution is -0.130. The molecule has 3 atom stereocenters. The summed E-state index contributed by atoms with van der Waals surface area (Å²) in [5, 5.41) is 10.4. The number of nitrogens with one attached hydrogen (secondary N) is 2. The van der Waals surface area contributed by atoms with Crippen LogP contribution in [0.15, 0.2) is 91.0 Å². The highest BCUT2D eigenvalue weighted by Crippen LogP contribution is 2.46. The highest BCUT2D eigenvalue weighted by Gasteiger charge is 2.34. The van der Waals surface area contributed by atoms with E-state index in [0.717, 1.165) is 12.0 Å². The van der Waals surface area contributed by atoms with E-state index in [4.69, 9.17) is 12.2 Å². The number of carbonyl (C=O) groups is 1. The van der Waals surface area contributed by atoms with Crippen molar-refractivity contribution in [1.29, 1.82) is 0 Å². The molecular formula is C30H36N3OPS. The fourth-order valence-corrected chi connectivity index (χ4v) is 8.40. The minimum absolute atomic E-state index is 0.0269. The third-order valence-electron chi connectivity index (χ3n) is 6.77. The molecule has 0 heterocycles. The number of benzene rings is 3. The highest BCUT2D eigenvalue weighted by molar-refractivity contribution is 7.80. The Bertz CT molecular complexity index is 1070. The standard InChI is InChI=1S/C30H36N3OPS/c1-33(2)29(34)27(22-23-14-6-3-7-15-23)32-30(36)31-26-20-12-13-21-28(26)35(24-16-8-4-9-17-24)25-18-10-5-11-19-25/h3-11,14-19,26-28H,12-13,20-22H2,1-2H3,(H2,31,32,36)/t26-,27+,28-/m0/s1. The molecule has 0 radical (unpaired) electrons. The predicted molar refractivity (Wildman–Crippen MR) is 157 cm³/mol. The number of likely N-dealkylation sites (N-methyl/N-ethyl adjacent to an activating group) is 1. The molecule has 0 aliphatic heterocycles. The largest absolute Gasteiger partial charge is 0.359 e. The summed E-state index contributed by atoms with van der Waals surface area (Å²) in [7, 11) is 3.04. The van der Waals surface area contributed by atoms with Gasteiger partial charge < -0.3 is 15.5 Å². The Hall–Kier alpha value is -2.75. The summed E-state index contributed by atoms with van der Waals surface area (Å²) in [5.74, 6) is 0.0269. The molecule has 3 aromatic rings. The zero-order chi connectivity index (χ0) is 25.3. The molecule has 0 bridgehead atoms. The topological polar surface area (TPSA) is 44.4 Å². The van der Waals surface area contributed by atoms with Crippen LogP contribution in [0.1, 0.15) is 31.2 Å². The van der Waals surface area contributed by atoms with E-state index >= 15 is 0 Å². The summed E-state index contributed by atoms with van der Waals surface area (Å²) in [6, 6.07) is 31.8. The SMILES string of the molecule is CN(C)C(=O)[C@@H](Cc1ccccc1)NC(=S)N[C@H]1CCCC[C@@H]1P(c1ccccc1)c1ccccc1. The van der Waals surface area contributed by atoms with E-state index < -0.39 is 14.0 Å². The Morgan fingerprint density at radius 1 is 0.889 bits per heavy atom. The van der Waals surface area contributed by atoms with Crippen LogP contribution in [0.4, 0.5) is 0 Å². The van der Waals surface area contributed by atoms with Crippen LogP contribution >= 0.6 is 20.1 Å². The van der Waals surface area contributed by atoms with Crippen LogP contribution < -0.4 is 21.2 Å². The van der Waals surface area contributed by atoms with E-state index in [-0.39, 0.29) is 11.9 Å². The second kappa shape index (κ2) is 13.0. The zero-order valence-corrected chi connectivity index (χ0v) is 22.8. The molecule has 1 amide bonds. The van der Waals surface area contributed by atoms with Gasteiger partial charge in [-0.3, -0.25) is 4.79 Å². The molecule has 1 aliphatic carbocycles. The Morgan fingerprint density at radius 3 is 1.97 bits per heavy atom. The van der Waals surface area contributed by atoms with Crippen molar-refractivity contribution >= 4 is 41.8 Å². The van der Waals surface area contributed by atoms with E-state index in [2.05, 4.69) is 83.4 Å². The minimum atomic E-state index is -0.547. The molecule has 4 nitrogen and oxygen atoms in total. The quantitative estimate of drug-likeness (QED) is 0.339. The molecule has 6 heteroatoms. The van der Waals surface area contributed by atoms with E-state index in [1.54, 1.807) is 19.0 Å². The Labute approximate surface area is 222 Å². The average Bonchev–Trinajstić information content (AvgIpc) is 2.91. The lowest BCUT2D eigenvalue weighted by atomic mass is 9.95. The van der Waals surface area contributed by atoms with Gasteiger partial charge in [-0.05, 0) is 49.2 Å². The molecule has 0 spiro atoms. The normalized spacial score (nSPS) is 18.3. The lowest BCUT2D eigenvalue weighted by Crippen LogP contribution is -2.55. The molecule has 3 aromatic carbocycles. The van der Waals surface area contributed by atoms with Crippen molar-refractivity contribution in [2.45, 2.75) is 49.8 Å². The minimum Gasteiger partial charge on any atom is -0.359 e. The maximum absolute atomic E-state index is 13.0. The van der Waals surface area contributed by atoms with Crippen LogP contribution in [-0.2, 0) is 11.2 Å². The van der Waals surface area contributed by atoms with Gasteiger partial charge in [-0.25, -0.2) is 0 Å². The van der Waals surface area contributed by atoms with Gasteiger partial charge in [0.2, 0.25) is 5.91 Å². The fraction of sp³-hybridized carbons (Fsp3) is 0.333. The van der Waals surface area contributed by atoms with E-state index in [0.29, 0.717) is 17.2 Å². The molecule has 4 rings (SSSR count). The van der Waals surface area contributed by atoms with Gasteiger partial charge in [-0.2, -0.15) is 0 Å². The van der Waals surface area contributed by atoms with Gasteiger partial charge in [0, 0.05) is 32.2 Å². The Balaban J connectivity index is 1.53. The zero-order valence-electron chi connectivity index (χ0n) is 21.1. The van der Waals surface area contributed by atoms with Crippen molar-refractivity contribution in [3.8, 4) is 0 Å². The van der Waals surface area contributed by atoms with Crippen molar-refractivity contribution in [1.82, 2.24) is 15.5 Å². The van der Waals surface area contributed by atoms with E-state index in [1.165, 1.54) is 29.9 Å². The third-order valence-corrected chi connectivity index (χ3v) is 10.00. The van der Waals surface area contributed by atoms with Gasteiger partial charge in [0.05, 0.1) is 0 Å². The smallest absolute Gasteiger partial charge is 0.244 e. The third kappa shape index (κ3) is 6.93. The van der Waals surface area contributed by atoms with Gasteiger partial charge in [0.25, 0.3) is 0 Å². The molecule has 0 unspecified atom stereocenters.